The van der Waals surface area contributed by atoms with E-state index in [1.54, 1.807) is 12.1 Å². The summed E-state index contributed by atoms with van der Waals surface area (Å²) in [5.74, 6) is -0.862. The predicted octanol–water partition coefficient (Wildman–Crippen LogP) is 2.73. The highest BCUT2D eigenvalue weighted by atomic mass is 19.1. The van der Waals surface area contributed by atoms with Gasteiger partial charge in [0, 0.05) is 12.8 Å². The smallest absolute Gasteiger partial charge is 0.258 e. The molecule has 0 fully saturated rings. The van der Waals surface area contributed by atoms with Crippen molar-refractivity contribution in [1.29, 1.82) is 0 Å². The van der Waals surface area contributed by atoms with Gasteiger partial charge in [-0.25, -0.2) is 4.39 Å². The second kappa shape index (κ2) is 6.16. The van der Waals surface area contributed by atoms with Crippen LogP contribution in [0.25, 0.3) is 0 Å². The second-order valence-electron chi connectivity index (χ2n) is 4.25. The third-order valence-electron chi connectivity index (χ3n) is 2.84. The van der Waals surface area contributed by atoms with Gasteiger partial charge in [-0.05, 0) is 23.8 Å². The average Bonchev–Trinajstić information content (AvgIpc) is 2.45. The number of carbonyl (C=O) groups is 1. The lowest BCUT2D eigenvalue weighted by Crippen LogP contribution is -2.22. The number of nitrogen functional groups attached to an aromatic ring is 1. The van der Waals surface area contributed by atoms with E-state index in [1.165, 1.54) is 25.3 Å². The summed E-state index contributed by atoms with van der Waals surface area (Å²) < 4.78 is 18.3. The molecule has 0 aliphatic rings. The van der Waals surface area contributed by atoms with Gasteiger partial charge < -0.3 is 15.8 Å². The van der Waals surface area contributed by atoms with Crippen LogP contribution in [0, 0.1) is 5.82 Å². The van der Waals surface area contributed by atoms with Gasteiger partial charge in [0.25, 0.3) is 5.91 Å². The highest BCUT2D eigenvalue weighted by molar-refractivity contribution is 5.95. The zero-order valence-electron chi connectivity index (χ0n) is 11.0. The predicted molar refractivity (Wildman–Crippen MR) is 75.6 cm³/mol. The molecule has 4 nitrogen and oxygen atoms in total. The van der Waals surface area contributed by atoms with Crippen LogP contribution in [-0.4, -0.2) is 13.0 Å². The van der Waals surface area contributed by atoms with Gasteiger partial charge in [-0.1, -0.05) is 30.3 Å². The molecule has 0 radical (unpaired) electrons. The molecule has 3 N–H and O–H groups in total. The molecule has 0 aliphatic heterocycles. The van der Waals surface area contributed by atoms with E-state index in [9.17, 15) is 9.18 Å². The molecule has 0 saturated carbocycles. The summed E-state index contributed by atoms with van der Waals surface area (Å²) >= 11 is 0. The molecule has 2 rings (SSSR count). The maximum absolute atomic E-state index is 13.1. The van der Waals surface area contributed by atoms with E-state index < -0.39 is 11.9 Å². The van der Waals surface area contributed by atoms with Crippen LogP contribution >= 0.6 is 0 Å². The van der Waals surface area contributed by atoms with E-state index >= 15 is 0 Å². The number of anilines is 2. The molecule has 104 valence electrons. The van der Waals surface area contributed by atoms with Crippen LogP contribution in [-0.2, 0) is 9.53 Å². The first-order valence-corrected chi connectivity index (χ1v) is 6.05. The maximum atomic E-state index is 13.1. The van der Waals surface area contributed by atoms with Crippen LogP contribution < -0.4 is 11.1 Å². The topological polar surface area (TPSA) is 64.3 Å². The van der Waals surface area contributed by atoms with Crippen LogP contribution in [0.4, 0.5) is 15.8 Å². The Balaban J connectivity index is 2.15. The van der Waals surface area contributed by atoms with Crippen molar-refractivity contribution < 1.29 is 13.9 Å². The first-order chi connectivity index (χ1) is 9.61. The molecule has 1 amide bonds. The largest absolute Gasteiger partial charge is 0.396 e. The minimum atomic E-state index is -0.734. The maximum Gasteiger partial charge on any atom is 0.258 e. The minimum Gasteiger partial charge on any atom is -0.396 e. The Bertz CT molecular complexity index is 602. The molecule has 2 aromatic carbocycles. The lowest BCUT2D eigenvalue weighted by molar-refractivity contribution is -0.126. The molecule has 0 heterocycles. The van der Waals surface area contributed by atoms with Crippen molar-refractivity contribution in [3.63, 3.8) is 0 Å². The third-order valence-corrected chi connectivity index (χ3v) is 2.84. The minimum absolute atomic E-state index is 0.0172. The van der Waals surface area contributed by atoms with Gasteiger partial charge in [0.2, 0.25) is 0 Å². The molecule has 5 heteroatoms. The first kappa shape index (κ1) is 14.0. The Hall–Kier alpha value is -2.40. The number of halogens is 1. The van der Waals surface area contributed by atoms with Crippen molar-refractivity contribution >= 4 is 17.3 Å². The molecule has 0 spiro atoms. The fourth-order valence-electron chi connectivity index (χ4n) is 1.85. The number of benzene rings is 2. The average molecular weight is 274 g/mol. The Morgan fingerprint density at radius 2 is 1.95 bits per heavy atom. The van der Waals surface area contributed by atoms with Crippen molar-refractivity contribution in [2.75, 3.05) is 18.2 Å². The van der Waals surface area contributed by atoms with E-state index in [1.807, 2.05) is 18.2 Å². The number of methoxy groups -OCH3 is 1. The third kappa shape index (κ3) is 3.13. The number of nitrogens with two attached hydrogens (primary N) is 1. The molecule has 0 aliphatic carbocycles. The van der Waals surface area contributed by atoms with Gasteiger partial charge >= 0.3 is 0 Å². The molecular formula is C15H15FN2O2. The fourth-order valence-corrected chi connectivity index (χ4v) is 1.85. The number of carbonyl (C=O) groups excluding carboxylic acids is 1. The summed E-state index contributed by atoms with van der Waals surface area (Å²) in [6.45, 7) is 0. The normalized spacial score (nSPS) is 11.9. The Kier molecular flexibility index (Phi) is 4.32. The van der Waals surface area contributed by atoms with Crippen molar-refractivity contribution in [3.8, 4) is 0 Å². The van der Waals surface area contributed by atoms with Crippen molar-refractivity contribution in [3.05, 3.63) is 59.9 Å². The summed E-state index contributed by atoms with van der Waals surface area (Å²) in [5.41, 5.74) is 6.60. The molecule has 0 aromatic heterocycles. The van der Waals surface area contributed by atoms with Crippen LogP contribution in [0.3, 0.4) is 0 Å². The second-order valence-corrected chi connectivity index (χ2v) is 4.25. The Labute approximate surface area is 116 Å². The van der Waals surface area contributed by atoms with Crippen LogP contribution in [0.15, 0.2) is 48.5 Å². The molecule has 0 bridgehead atoms. The highest BCUT2D eigenvalue weighted by Gasteiger charge is 2.20. The lowest BCUT2D eigenvalue weighted by atomic mass is 10.1. The number of hydrogen-bond donors (Lipinski definition) is 2. The van der Waals surface area contributed by atoms with Crippen LogP contribution in [0.5, 0.6) is 0 Å². The first-order valence-electron chi connectivity index (χ1n) is 6.05. The SMILES string of the molecule is COC(C(=O)Nc1ccc(F)c(N)c1)c1ccccc1. The van der Waals surface area contributed by atoms with Crippen molar-refractivity contribution in [1.82, 2.24) is 0 Å². The standard InChI is InChI=1S/C15H15FN2O2/c1-20-14(10-5-3-2-4-6-10)15(19)18-11-7-8-12(16)13(17)9-11/h2-9,14H,17H2,1H3,(H,18,19). The summed E-state index contributed by atoms with van der Waals surface area (Å²) in [6.07, 6.45) is -0.734. The lowest BCUT2D eigenvalue weighted by Gasteiger charge is -2.15. The van der Waals surface area contributed by atoms with E-state index in [2.05, 4.69) is 5.32 Å². The van der Waals surface area contributed by atoms with Gasteiger partial charge in [0.1, 0.15) is 5.82 Å². The number of nitrogens with one attached hydrogen (secondary N) is 1. The zero-order valence-corrected chi connectivity index (χ0v) is 11.0. The van der Waals surface area contributed by atoms with Gasteiger partial charge in [-0.2, -0.15) is 0 Å². The number of hydrogen-bond acceptors (Lipinski definition) is 3. The monoisotopic (exact) mass is 274 g/mol. The van der Waals surface area contributed by atoms with Crippen LogP contribution in [0.2, 0.25) is 0 Å². The number of ether oxygens (including phenoxy) is 1. The van der Waals surface area contributed by atoms with E-state index in [0.717, 1.165) is 5.56 Å². The Morgan fingerprint density at radius 3 is 2.55 bits per heavy atom. The van der Waals surface area contributed by atoms with Crippen molar-refractivity contribution in [2.45, 2.75) is 6.10 Å². The summed E-state index contributed by atoms with van der Waals surface area (Å²) in [5, 5.41) is 2.65. The van der Waals surface area contributed by atoms with Crippen LogP contribution in [0.1, 0.15) is 11.7 Å². The molecule has 1 unspecified atom stereocenters. The van der Waals surface area contributed by atoms with E-state index in [0.29, 0.717) is 5.69 Å². The van der Waals surface area contributed by atoms with Gasteiger partial charge in [-0.3, -0.25) is 4.79 Å². The zero-order chi connectivity index (χ0) is 14.5. The van der Waals surface area contributed by atoms with E-state index in [-0.39, 0.29) is 11.6 Å². The van der Waals surface area contributed by atoms with E-state index in [4.69, 9.17) is 10.5 Å². The molecule has 0 saturated heterocycles. The quantitative estimate of drug-likeness (QED) is 0.842. The Morgan fingerprint density at radius 1 is 1.25 bits per heavy atom. The summed E-state index contributed by atoms with van der Waals surface area (Å²) in [7, 11) is 1.45. The van der Waals surface area contributed by atoms with Gasteiger partial charge in [-0.15, -0.1) is 0 Å². The fraction of sp³-hybridized carbons (Fsp3) is 0.133. The van der Waals surface area contributed by atoms with Crippen molar-refractivity contribution in [2.24, 2.45) is 0 Å². The summed E-state index contributed by atoms with van der Waals surface area (Å²) in [4.78, 5) is 12.2. The van der Waals surface area contributed by atoms with Gasteiger partial charge in [0.05, 0.1) is 5.69 Å². The molecule has 2 aromatic rings. The number of rotatable bonds is 4. The number of amides is 1. The molecular weight excluding hydrogens is 259 g/mol. The molecule has 1 atom stereocenters. The van der Waals surface area contributed by atoms with Gasteiger partial charge in [0.15, 0.2) is 6.10 Å². The highest BCUT2D eigenvalue weighted by Crippen LogP contribution is 2.21. The summed E-state index contributed by atoms with van der Waals surface area (Å²) in [6, 6.07) is 13.1. The molecule has 20 heavy (non-hydrogen) atoms.